The van der Waals surface area contributed by atoms with Crippen LogP contribution in [0.15, 0.2) is 0 Å². The highest BCUT2D eigenvalue weighted by Crippen LogP contribution is 2.45. The number of phosphoric acid groups is 2. The standard InChI is InChI=1S/C67H130O17P2/c1-7-10-12-14-15-16-26-33-39-45-51-66(71)83-62(55-77-64(69)49-43-35-13-11-8-2)57-81-85(73,74)79-53-61(68)54-80-86(75,76)82-58-63(56-78-65(70)50-44-38-32-29-28-31-37-42-48-60(6)9-3)84-67(72)52-46-40-34-27-24-22-20-18-17-19-21-23-25-30-36-41-47-59(4)5/h59-63,68H,7-58H2,1-6H3,(H,73,74)(H,75,76)/t60?,61-,62+,63+/m0/s1. The average molecular weight is 1270 g/mol. The molecule has 0 saturated heterocycles. The summed E-state index contributed by atoms with van der Waals surface area (Å²) in [5, 5.41) is 10.5. The number of phosphoric ester groups is 2. The van der Waals surface area contributed by atoms with Gasteiger partial charge in [0, 0.05) is 25.7 Å². The lowest BCUT2D eigenvalue weighted by Crippen LogP contribution is -2.30. The van der Waals surface area contributed by atoms with Gasteiger partial charge in [0.15, 0.2) is 12.2 Å². The van der Waals surface area contributed by atoms with E-state index in [0.29, 0.717) is 25.7 Å². The van der Waals surface area contributed by atoms with Gasteiger partial charge in [0.25, 0.3) is 0 Å². The third kappa shape index (κ3) is 59.7. The monoisotopic (exact) mass is 1270 g/mol. The number of unbranched alkanes of at least 4 members (excludes halogenated alkanes) is 35. The van der Waals surface area contributed by atoms with Crippen molar-refractivity contribution in [1.82, 2.24) is 0 Å². The molecule has 0 aromatic heterocycles. The van der Waals surface area contributed by atoms with Gasteiger partial charge >= 0.3 is 39.5 Å². The van der Waals surface area contributed by atoms with E-state index in [1.165, 1.54) is 148 Å². The molecule has 0 bridgehead atoms. The molecule has 19 heteroatoms. The van der Waals surface area contributed by atoms with Crippen molar-refractivity contribution in [2.24, 2.45) is 11.8 Å². The van der Waals surface area contributed by atoms with Gasteiger partial charge < -0.3 is 33.8 Å². The van der Waals surface area contributed by atoms with Gasteiger partial charge in [0.1, 0.15) is 19.3 Å². The number of hydrogen-bond donors (Lipinski definition) is 3. The van der Waals surface area contributed by atoms with Crippen LogP contribution in [0.5, 0.6) is 0 Å². The van der Waals surface area contributed by atoms with E-state index < -0.39 is 97.5 Å². The number of carbonyl (C=O) groups excluding carboxylic acids is 4. The summed E-state index contributed by atoms with van der Waals surface area (Å²) >= 11 is 0. The Labute approximate surface area is 524 Å². The van der Waals surface area contributed by atoms with Crippen LogP contribution in [0, 0.1) is 11.8 Å². The first-order valence-corrected chi connectivity index (χ1v) is 38.0. The summed E-state index contributed by atoms with van der Waals surface area (Å²) in [5.74, 6) is -0.554. The maximum atomic E-state index is 13.0. The number of aliphatic hydroxyl groups is 1. The van der Waals surface area contributed by atoms with E-state index in [4.69, 9.17) is 37.0 Å². The van der Waals surface area contributed by atoms with Gasteiger partial charge in [-0.25, -0.2) is 9.13 Å². The van der Waals surface area contributed by atoms with E-state index in [0.717, 1.165) is 108 Å². The Bertz CT molecular complexity index is 1690. The second-order valence-corrected chi connectivity index (χ2v) is 27.8. The fourth-order valence-electron chi connectivity index (χ4n) is 10.0. The largest absolute Gasteiger partial charge is 0.472 e. The summed E-state index contributed by atoms with van der Waals surface area (Å²) < 4.78 is 67.9. The van der Waals surface area contributed by atoms with E-state index in [1.807, 2.05) is 0 Å². The Morgan fingerprint density at radius 1 is 0.337 bits per heavy atom. The van der Waals surface area contributed by atoms with Gasteiger partial charge in [-0.05, 0) is 37.5 Å². The van der Waals surface area contributed by atoms with Crippen molar-refractivity contribution < 1.29 is 80.2 Å². The van der Waals surface area contributed by atoms with Crippen LogP contribution in [0.2, 0.25) is 0 Å². The van der Waals surface area contributed by atoms with Crippen molar-refractivity contribution in [2.75, 3.05) is 39.6 Å². The van der Waals surface area contributed by atoms with Crippen LogP contribution in [0.3, 0.4) is 0 Å². The van der Waals surface area contributed by atoms with E-state index in [9.17, 15) is 43.2 Å². The number of rotatable bonds is 66. The zero-order valence-electron chi connectivity index (χ0n) is 55.6. The van der Waals surface area contributed by atoms with Gasteiger partial charge in [-0.15, -0.1) is 0 Å². The van der Waals surface area contributed by atoms with Crippen molar-refractivity contribution in [2.45, 2.75) is 355 Å². The second kappa shape index (κ2) is 59.4. The van der Waals surface area contributed by atoms with E-state index in [1.54, 1.807) is 0 Å². The van der Waals surface area contributed by atoms with E-state index in [-0.39, 0.29) is 25.7 Å². The number of carbonyl (C=O) groups is 4. The van der Waals surface area contributed by atoms with Crippen molar-refractivity contribution in [3.8, 4) is 0 Å². The lowest BCUT2D eigenvalue weighted by Gasteiger charge is -2.21. The summed E-state index contributed by atoms with van der Waals surface area (Å²) in [4.78, 5) is 72.1. The molecule has 0 aliphatic carbocycles. The van der Waals surface area contributed by atoms with Crippen LogP contribution in [0.1, 0.15) is 337 Å². The molecule has 510 valence electrons. The third-order valence-corrected chi connectivity index (χ3v) is 17.7. The minimum Gasteiger partial charge on any atom is -0.462 e. The summed E-state index contributed by atoms with van der Waals surface area (Å²) in [6.07, 6.45) is 43.4. The molecule has 0 aromatic carbocycles. The molecule has 0 aliphatic rings. The maximum absolute atomic E-state index is 13.0. The van der Waals surface area contributed by atoms with Crippen LogP contribution >= 0.6 is 15.6 Å². The number of hydrogen-bond acceptors (Lipinski definition) is 15. The van der Waals surface area contributed by atoms with Crippen LogP contribution in [-0.4, -0.2) is 96.7 Å². The summed E-state index contributed by atoms with van der Waals surface area (Å²) in [5.41, 5.74) is 0. The van der Waals surface area contributed by atoms with Crippen LogP contribution < -0.4 is 0 Å². The van der Waals surface area contributed by atoms with Gasteiger partial charge in [-0.1, -0.05) is 286 Å². The van der Waals surface area contributed by atoms with Gasteiger partial charge in [0.05, 0.1) is 26.4 Å². The highest BCUT2D eigenvalue weighted by Gasteiger charge is 2.30. The Balaban J connectivity index is 5.14. The molecule has 0 spiro atoms. The second-order valence-electron chi connectivity index (χ2n) is 24.9. The maximum Gasteiger partial charge on any atom is 0.472 e. The van der Waals surface area contributed by atoms with Crippen molar-refractivity contribution >= 4 is 39.5 Å². The summed E-state index contributed by atoms with van der Waals surface area (Å²) in [6, 6.07) is 0. The molecule has 86 heavy (non-hydrogen) atoms. The Morgan fingerprint density at radius 3 is 0.884 bits per heavy atom. The van der Waals surface area contributed by atoms with Crippen molar-refractivity contribution in [3.63, 3.8) is 0 Å². The third-order valence-electron chi connectivity index (χ3n) is 15.8. The van der Waals surface area contributed by atoms with E-state index >= 15 is 0 Å². The quantitative estimate of drug-likeness (QED) is 0.0222. The predicted molar refractivity (Wildman–Crippen MR) is 345 cm³/mol. The van der Waals surface area contributed by atoms with Gasteiger partial charge in [0.2, 0.25) is 0 Å². The predicted octanol–water partition coefficient (Wildman–Crippen LogP) is 18.8. The smallest absolute Gasteiger partial charge is 0.462 e. The first-order chi connectivity index (χ1) is 41.4. The van der Waals surface area contributed by atoms with Gasteiger partial charge in [-0.3, -0.25) is 37.3 Å². The molecule has 0 amide bonds. The molecule has 0 radical (unpaired) electrons. The molecular weight excluding hydrogens is 1140 g/mol. The molecular formula is C67H130O17P2. The lowest BCUT2D eigenvalue weighted by molar-refractivity contribution is -0.161. The fourth-order valence-corrected chi connectivity index (χ4v) is 11.6. The normalized spacial score (nSPS) is 14.5. The Hall–Kier alpha value is -1.94. The molecule has 3 unspecified atom stereocenters. The molecule has 0 saturated carbocycles. The molecule has 0 aromatic rings. The van der Waals surface area contributed by atoms with Crippen molar-refractivity contribution in [1.29, 1.82) is 0 Å². The number of ether oxygens (including phenoxy) is 4. The lowest BCUT2D eigenvalue weighted by atomic mass is 9.99. The topological polar surface area (TPSA) is 237 Å². The first-order valence-electron chi connectivity index (χ1n) is 35.0. The molecule has 17 nitrogen and oxygen atoms in total. The molecule has 0 heterocycles. The van der Waals surface area contributed by atoms with Crippen molar-refractivity contribution in [3.05, 3.63) is 0 Å². The van der Waals surface area contributed by atoms with Crippen LogP contribution in [0.25, 0.3) is 0 Å². The van der Waals surface area contributed by atoms with E-state index in [2.05, 4.69) is 41.5 Å². The highest BCUT2D eigenvalue weighted by atomic mass is 31.2. The van der Waals surface area contributed by atoms with Gasteiger partial charge in [-0.2, -0.15) is 0 Å². The highest BCUT2D eigenvalue weighted by molar-refractivity contribution is 7.47. The summed E-state index contributed by atoms with van der Waals surface area (Å²) in [7, 11) is -9.88. The van der Waals surface area contributed by atoms with Crippen LogP contribution in [-0.2, 0) is 65.4 Å². The SMILES string of the molecule is CCCCCCCCCCCCC(=O)O[C@H](COC(=O)CCCCCCC)COP(=O)(O)OC[C@H](O)COP(=O)(O)OC[C@@H](COC(=O)CCCCCCCCCCC(C)CC)OC(=O)CCCCCCCCCCCCCCCCCCC(C)C. The molecule has 6 atom stereocenters. The minimum absolute atomic E-state index is 0.105. The summed E-state index contributed by atoms with van der Waals surface area (Å²) in [6.45, 7) is 9.46. The number of esters is 4. The van der Waals surface area contributed by atoms with Crippen LogP contribution in [0.4, 0.5) is 0 Å². The fraction of sp³-hybridized carbons (Fsp3) is 0.940. The molecule has 0 aliphatic heterocycles. The molecule has 3 N–H and O–H groups in total. The first kappa shape index (κ1) is 84.1. The number of aliphatic hydroxyl groups excluding tert-OH is 1. The molecule has 0 rings (SSSR count). The Kier molecular flexibility index (Phi) is 58.0. The average Bonchev–Trinajstić information content (AvgIpc) is 3.66. The zero-order valence-corrected chi connectivity index (χ0v) is 57.4. The minimum atomic E-state index is -4.95. The molecule has 0 fully saturated rings. The zero-order chi connectivity index (χ0) is 63.6. The Morgan fingerprint density at radius 2 is 0.593 bits per heavy atom.